The molecule has 2 aromatic rings. The first-order valence-corrected chi connectivity index (χ1v) is 7.99. The van der Waals surface area contributed by atoms with Crippen LogP contribution in [0.1, 0.15) is 19.8 Å². The Hall–Kier alpha value is -2.21. The molecule has 6 nitrogen and oxygen atoms in total. The van der Waals surface area contributed by atoms with Gasteiger partial charge in [-0.3, -0.25) is 4.79 Å². The van der Waals surface area contributed by atoms with E-state index in [2.05, 4.69) is 16.9 Å². The van der Waals surface area contributed by atoms with E-state index in [1.807, 2.05) is 29.2 Å². The van der Waals surface area contributed by atoms with Crippen molar-refractivity contribution in [2.24, 2.45) is 0 Å². The maximum absolute atomic E-state index is 12.5. The van der Waals surface area contributed by atoms with Crippen LogP contribution in [-0.4, -0.2) is 53.2 Å². The Kier molecular flexibility index (Phi) is 5.02. The molecule has 1 aliphatic rings. The van der Waals surface area contributed by atoms with E-state index < -0.39 is 0 Å². The number of morpholine rings is 1. The van der Waals surface area contributed by atoms with E-state index in [9.17, 15) is 4.79 Å². The zero-order valence-corrected chi connectivity index (χ0v) is 13.3. The molecule has 1 aliphatic heterocycles. The highest BCUT2D eigenvalue weighted by atomic mass is 16.5. The van der Waals surface area contributed by atoms with Gasteiger partial charge in [0.1, 0.15) is 6.33 Å². The van der Waals surface area contributed by atoms with E-state index in [-0.39, 0.29) is 18.6 Å². The smallest absolute Gasteiger partial charge is 0.260 e. The Labute approximate surface area is 135 Å². The summed E-state index contributed by atoms with van der Waals surface area (Å²) in [5, 5.41) is 0.815. The number of ether oxygens (including phenoxy) is 2. The summed E-state index contributed by atoms with van der Waals surface area (Å²) >= 11 is 0. The number of fused-ring (bicyclic) bond motifs is 1. The SMILES string of the molecule is CCC[C@H]1COCCN1C(=O)COc1ncnc2ccccc12. The molecular weight excluding hydrogens is 294 g/mol. The summed E-state index contributed by atoms with van der Waals surface area (Å²) in [6, 6.07) is 7.74. The van der Waals surface area contributed by atoms with Crippen molar-refractivity contribution < 1.29 is 14.3 Å². The van der Waals surface area contributed by atoms with E-state index in [1.165, 1.54) is 6.33 Å². The fraction of sp³-hybridized carbons (Fsp3) is 0.471. The van der Waals surface area contributed by atoms with Gasteiger partial charge in [0.25, 0.3) is 5.91 Å². The summed E-state index contributed by atoms with van der Waals surface area (Å²) in [6.45, 7) is 3.91. The van der Waals surface area contributed by atoms with Gasteiger partial charge in [0.2, 0.25) is 5.88 Å². The van der Waals surface area contributed by atoms with Crippen molar-refractivity contribution in [3.8, 4) is 5.88 Å². The van der Waals surface area contributed by atoms with Crippen molar-refractivity contribution in [3.05, 3.63) is 30.6 Å². The number of para-hydroxylation sites is 1. The Morgan fingerprint density at radius 1 is 1.39 bits per heavy atom. The fourth-order valence-electron chi connectivity index (χ4n) is 2.86. The van der Waals surface area contributed by atoms with Crippen LogP contribution in [0, 0.1) is 0 Å². The van der Waals surface area contributed by atoms with Gasteiger partial charge in [-0.05, 0) is 18.6 Å². The molecule has 3 rings (SSSR count). The van der Waals surface area contributed by atoms with Crippen LogP contribution in [0.25, 0.3) is 10.9 Å². The van der Waals surface area contributed by atoms with Crippen molar-refractivity contribution in [2.45, 2.75) is 25.8 Å². The lowest BCUT2D eigenvalue weighted by Gasteiger charge is -2.35. The maximum Gasteiger partial charge on any atom is 0.260 e. The Bertz CT molecular complexity index is 670. The average Bonchev–Trinajstić information content (AvgIpc) is 2.60. The van der Waals surface area contributed by atoms with E-state index in [0.29, 0.717) is 25.6 Å². The summed E-state index contributed by atoms with van der Waals surface area (Å²) in [7, 11) is 0. The van der Waals surface area contributed by atoms with E-state index in [4.69, 9.17) is 9.47 Å². The number of amides is 1. The van der Waals surface area contributed by atoms with Gasteiger partial charge in [0.15, 0.2) is 6.61 Å². The minimum Gasteiger partial charge on any atom is -0.467 e. The largest absolute Gasteiger partial charge is 0.467 e. The highest BCUT2D eigenvalue weighted by molar-refractivity contribution is 5.84. The van der Waals surface area contributed by atoms with Crippen LogP contribution in [0.5, 0.6) is 5.88 Å². The molecule has 1 aromatic carbocycles. The third-order valence-corrected chi connectivity index (χ3v) is 4.01. The molecule has 0 N–H and O–H groups in total. The summed E-state index contributed by atoms with van der Waals surface area (Å²) < 4.78 is 11.2. The predicted molar refractivity (Wildman–Crippen MR) is 86.3 cm³/mol. The van der Waals surface area contributed by atoms with Gasteiger partial charge in [-0.15, -0.1) is 0 Å². The van der Waals surface area contributed by atoms with E-state index in [1.54, 1.807) is 0 Å². The summed E-state index contributed by atoms with van der Waals surface area (Å²) in [4.78, 5) is 22.7. The number of carbonyl (C=O) groups is 1. The van der Waals surface area contributed by atoms with Crippen molar-refractivity contribution in [1.29, 1.82) is 0 Å². The second-order valence-electron chi connectivity index (χ2n) is 5.59. The number of hydrogen-bond donors (Lipinski definition) is 0. The number of nitrogens with zero attached hydrogens (tertiary/aromatic N) is 3. The molecule has 0 bridgehead atoms. The fourth-order valence-corrected chi connectivity index (χ4v) is 2.86. The van der Waals surface area contributed by atoms with Gasteiger partial charge < -0.3 is 14.4 Å². The van der Waals surface area contributed by atoms with Crippen LogP contribution in [0.15, 0.2) is 30.6 Å². The second kappa shape index (κ2) is 7.37. The molecule has 0 spiro atoms. The Morgan fingerprint density at radius 3 is 3.13 bits per heavy atom. The third kappa shape index (κ3) is 3.59. The van der Waals surface area contributed by atoms with Crippen molar-refractivity contribution in [1.82, 2.24) is 14.9 Å². The number of benzene rings is 1. The van der Waals surface area contributed by atoms with Gasteiger partial charge in [-0.2, -0.15) is 0 Å². The van der Waals surface area contributed by atoms with Crippen molar-refractivity contribution >= 4 is 16.8 Å². The zero-order valence-electron chi connectivity index (χ0n) is 13.3. The topological polar surface area (TPSA) is 64.5 Å². The first-order chi connectivity index (χ1) is 11.3. The lowest BCUT2D eigenvalue weighted by atomic mass is 10.1. The molecule has 0 unspecified atom stereocenters. The van der Waals surface area contributed by atoms with E-state index >= 15 is 0 Å². The normalized spacial score (nSPS) is 18.1. The molecule has 23 heavy (non-hydrogen) atoms. The zero-order chi connectivity index (χ0) is 16.1. The maximum atomic E-state index is 12.5. The number of hydrogen-bond acceptors (Lipinski definition) is 5. The van der Waals surface area contributed by atoms with Crippen LogP contribution in [0.4, 0.5) is 0 Å². The molecule has 1 atom stereocenters. The highest BCUT2D eigenvalue weighted by Gasteiger charge is 2.26. The predicted octanol–water partition coefficient (Wildman–Crippen LogP) is 2.04. The third-order valence-electron chi connectivity index (χ3n) is 4.01. The molecule has 0 aliphatic carbocycles. The summed E-state index contributed by atoms with van der Waals surface area (Å²) in [5.41, 5.74) is 0.806. The molecule has 122 valence electrons. The van der Waals surface area contributed by atoms with Crippen LogP contribution < -0.4 is 4.74 Å². The number of aromatic nitrogens is 2. The van der Waals surface area contributed by atoms with Gasteiger partial charge in [0, 0.05) is 6.54 Å². The quantitative estimate of drug-likeness (QED) is 0.845. The highest BCUT2D eigenvalue weighted by Crippen LogP contribution is 2.21. The van der Waals surface area contributed by atoms with Crippen LogP contribution in [-0.2, 0) is 9.53 Å². The van der Waals surface area contributed by atoms with Gasteiger partial charge >= 0.3 is 0 Å². The Balaban J connectivity index is 1.68. The molecule has 6 heteroatoms. The van der Waals surface area contributed by atoms with Crippen LogP contribution in [0.2, 0.25) is 0 Å². The average molecular weight is 315 g/mol. The van der Waals surface area contributed by atoms with E-state index in [0.717, 1.165) is 23.7 Å². The van der Waals surface area contributed by atoms with Crippen LogP contribution >= 0.6 is 0 Å². The summed E-state index contributed by atoms with van der Waals surface area (Å²) in [6.07, 6.45) is 3.42. The van der Waals surface area contributed by atoms with Crippen LogP contribution in [0.3, 0.4) is 0 Å². The molecule has 0 saturated carbocycles. The monoisotopic (exact) mass is 315 g/mol. The van der Waals surface area contributed by atoms with Gasteiger partial charge in [0.05, 0.1) is 30.2 Å². The van der Waals surface area contributed by atoms with Gasteiger partial charge in [-0.25, -0.2) is 9.97 Å². The molecule has 1 fully saturated rings. The lowest BCUT2D eigenvalue weighted by molar-refractivity contribution is -0.142. The molecule has 1 saturated heterocycles. The second-order valence-corrected chi connectivity index (χ2v) is 5.59. The van der Waals surface area contributed by atoms with Gasteiger partial charge in [-0.1, -0.05) is 25.5 Å². The molecule has 0 radical (unpaired) electrons. The molecule has 2 heterocycles. The Morgan fingerprint density at radius 2 is 2.26 bits per heavy atom. The standard InChI is InChI=1S/C17H21N3O3/c1-2-5-13-10-22-9-8-20(13)16(21)11-23-17-14-6-3-4-7-15(14)18-12-19-17/h3-4,6-7,12-13H,2,5,8-11H2,1H3/t13-/m0/s1. The number of rotatable bonds is 5. The molecular formula is C17H21N3O3. The first-order valence-electron chi connectivity index (χ1n) is 7.99. The first kappa shape index (κ1) is 15.7. The van der Waals surface area contributed by atoms with Crippen molar-refractivity contribution in [3.63, 3.8) is 0 Å². The van der Waals surface area contributed by atoms with Crippen molar-refractivity contribution in [2.75, 3.05) is 26.4 Å². The molecule has 1 amide bonds. The molecule has 1 aromatic heterocycles. The minimum absolute atomic E-state index is 0.0127. The summed E-state index contributed by atoms with van der Waals surface area (Å²) in [5.74, 6) is 0.429. The lowest BCUT2D eigenvalue weighted by Crippen LogP contribution is -2.50. The number of carbonyl (C=O) groups excluding carboxylic acids is 1. The minimum atomic E-state index is -0.0190.